The van der Waals surface area contributed by atoms with Gasteiger partial charge in [0.15, 0.2) is 0 Å². The maximum absolute atomic E-state index is 16.0. The second-order valence-corrected chi connectivity index (χ2v) is 17.7. The van der Waals surface area contributed by atoms with E-state index in [1.165, 1.54) is 13.2 Å². The fourth-order valence-electron chi connectivity index (χ4n) is 9.74. The van der Waals surface area contributed by atoms with E-state index in [1.807, 2.05) is 72.8 Å². The van der Waals surface area contributed by atoms with Crippen molar-refractivity contribution in [3.63, 3.8) is 0 Å². The second kappa shape index (κ2) is 20.4. The van der Waals surface area contributed by atoms with Gasteiger partial charge in [-0.2, -0.15) is 0 Å². The Hall–Kier alpha value is -7.92. The summed E-state index contributed by atoms with van der Waals surface area (Å²) in [7, 11) is 1.25. The monoisotopic (exact) mass is 945 g/mol. The van der Waals surface area contributed by atoms with Gasteiger partial charge < -0.3 is 44.6 Å². The molecule has 4 N–H and O–H groups in total. The van der Waals surface area contributed by atoms with Gasteiger partial charge in [0, 0.05) is 48.0 Å². The molecule has 3 aliphatic heterocycles. The molecule has 4 atom stereocenters. The molecule has 3 saturated heterocycles. The zero-order valence-corrected chi connectivity index (χ0v) is 38.5. The van der Waals surface area contributed by atoms with Crippen molar-refractivity contribution < 1.29 is 37.8 Å². The largest absolute Gasteiger partial charge is 0.453 e. The van der Waals surface area contributed by atoms with Crippen molar-refractivity contribution in [2.45, 2.75) is 68.8 Å². The third-order valence-electron chi connectivity index (χ3n) is 13.4. The molecule has 17 heteroatoms. The van der Waals surface area contributed by atoms with Crippen LogP contribution in [-0.2, 0) is 23.8 Å². The predicted octanol–water partition coefficient (Wildman–Crippen LogP) is 8.89. The summed E-state index contributed by atoms with van der Waals surface area (Å²) < 4.78 is 31.9. The molecule has 3 aliphatic rings. The van der Waals surface area contributed by atoms with Gasteiger partial charge in [-0.1, -0.05) is 78.9 Å². The number of ether oxygens (including phenoxy) is 3. The topological polar surface area (TPSA) is 197 Å². The minimum atomic E-state index is -0.954. The van der Waals surface area contributed by atoms with Gasteiger partial charge in [-0.15, -0.1) is 0 Å². The van der Waals surface area contributed by atoms with Crippen LogP contribution < -0.4 is 10.6 Å². The summed E-state index contributed by atoms with van der Waals surface area (Å²) in [5.74, 6) is 0.185. The number of benzene rings is 4. The summed E-state index contributed by atoms with van der Waals surface area (Å²) >= 11 is 0. The number of fused-ring (bicyclic) bond motifs is 1. The van der Waals surface area contributed by atoms with E-state index in [4.69, 9.17) is 24.2 Å². The predicted molar refractivity (Wildman–Crippen MR) is 257 cm³/mol. The van der Waals surface area contributed by atoms with Crippen LogP contribution in [0.3, 0.4) is 0 Å². The normalized spacial score (nSPS) is 18.1. The van der Waals surface area contributed by atoms with E-state index in [0.29, 0.717) is 97.3 Å². The van der Waals surface area contributed by atoms with E-state index in [2.05, 4.69) is 25.6 Å². The van der Waals surface area contributed by atoms with Crippen molar-refractivity contribution >= 4 is 34.9 Å². The SMILES string of the molecule is COC(=O)N[C@@H](C(=O)N1CCC[C@H]1c1ncc(-c2ccc(-c3ccc4cc(-c5cnc([C@@H]6CCCN6C(=O)[C@H](NC(=O)OC6CCOCC6)c6ccccc6)[nH]5)ccc4n3)cc2F)[nH]1)c1ccccc1. The number of aromatic amines is 2. The molecule has 3 aromatic heterocycles. The number of H-pyrrole nitrogens is 2. The minimum Gasteiger partial charge on any atom is -0.453 e. The highest BCUT2D eigenvalue weighted by molar-refractivity contribution is 5.89. The fourth-order valence-corrected chi connectivity index (χ4v) is 9.74. The number of pyridine rings is 1. The highest BCUT2D eigenvalue weighted by Gasteiger charge is 2.39. The van der Waals surface area contributed by atoms with Crippen LogP contribution in [0.2, 0.25) is 0 Å². The first-order valence-corrected chi connectivity index (χ1v) is 23.6. The van der Waals surface area contributed by atoms with Crippen LogP contribution in [-0.4, -0.2) is 98.2 Å². The molecule has 358 valence electrons. The molecule has 70 heavy (non-hydrogen) atoms. The number of methoxy groups -OCH3 is 1. The van der Waals surface area contributed by atoms with Crippen molar-refractivity contribution in [2.75, 3.05) is 33.4 Å². The van der Waals surface area contributed by atoms with Gasteiger partial charge in [-0.25, -0.2) is 28.9 Å². The van der Waals surface area contributed by atoms with Crippen LogP contribution in [0.15, 0.2) is 122 Å². The van der Waals surface area contributed by atoms with E-state index < -0.39 is 36.1 Å². The van der Waals surface area contributed by atoms with Gasteiger partial charge >= 0.3 is 12.2 Å². The average molecular weight is 946 g/mol. The molecule has 0 saturated carbocycles. The molecule has 0 spiro atoms. The Balaban J connectivity index is 0.816. The fraction of sp³-hybridized carbons (Fsp3) is 0.302. The molecule has 3 fully saturated rings. The van der Waals surface area contributed by atoms with Crippen molar-refractivity contribution in [3.05, 3.63) is 150 Å². The summed E-state index contributed by atoms with van der Waals surface area (Å²) in [6.45, 7) is 2.04. The number of aromatic nitrogens is 5. The molecule has 0 aliphatic carbocycles. The Morgan fingerprint density at radius 1 is 0.686 bits per heavy atom. The van der Waals surface area contributed by atoms with Crippen LogP contribution in [0.4, 0.5) is 14.0 Å². The number of imidazole rings is 2. The van der Waals surface area contributed by atoms with Gasteiger partial charge in [0.25, 0.3) is 11.8 Å². The number of hydrogen-bond donors (Lipinski definition) is 4. The van der Waals surface area contributed by atoms with Crippen molar-refractivity contribution in [2.24, 2.45) is 0 Å². The number of rotatable bonds is 12. The first-order chi connectivity index (χ1) is 34.2. The maximum atomic E-state index is 16.0. The molecule has 4 aromatic carbocycles. The Bertz CT molecular complexity index is 3010. The van der Waals surface area contributed by atoms with Crippen LogP contribution in [0.1, 0.15) is 85.5 Å². The van der Waals surface area contributed by atoms with Crippen LogP contribution in [0.5, 0.6) is 0 Å². The molecular weight excluding hydrogens is 894 g/mol. The van der Waals surface area contributed by atoms with Crippen LogP contribution >= 0.6 is 0 Å². The molecule has 16 nitrogen and oxygen atoms in total. The molecule has 6 heterocycles. The Morgan fingerprint density at radius 3 is 1.89 bits per heavy atom. The number of nitrogens with zero attached hydrogens (tertiary/aromatic N) is 5. The van der Waals surface area contributed by atoms with Crippen LogP contribution in [0.25, 0.3) is 44.7 Å². The Kier molecular flexibility index (Phi) is 13.3. The smallest absolute Gasteiger partial charge is 0.408 e. The lowest BCUT2D eigenvalue weighted by atomic mass is 10.0. The first-order valence-electron chi connectivity index (χ1n) is 23.6. The number of halogens is 1. The number of carbonyl (C=O) groups is 4. The van der Waals surface area contributed by atoms with E-state index in [-0.39, 0.29) is 24.0 Å². The number of hydrogen-bond acceptors (Lipinski definition) is 10. The molecule has 4 amide bonds. The van der Waals surface area contributed by atoms with E-state index in [1.54, 1.807) is 52.5 Å². The third kappa shape index (κ3) is 9.69. The number of likely N-dealkylation sites (tertiary alicyclic amines) is 2. The van der Waals surface area contributed by atoms with Gasteiger partial charge in [0.05, 0.1) is 67.4 Å². The van der Waals surface area contributed by atoms with Crippen molar-refractivity contribution in [1.82, 2.24) is 45.4 Å². The number of amides is 4. The summed E-state index contributed by atoms with van der Waals surface area (Å²) in [4.78, 5) is 78.1. The molecule has 0 unspecified atom stereocenters. The number of carbonyl (C=O) groups excluding carboxylic acids is 4. The summed E-state index contributed by atoms with van der Waals surface area (Å²) in [6, 6.07) is 30.2. The van der Waals surface area contributed by atoms with E-state index in [0.717, 1.165) is 35.0 Å². The first kappa shape index (κ1) is 45.8. The molecule has 0 bridgehead atoms. The Labute approximate surface area is 403 Å². The van der Waals surface area contributed by atoms with E-state index in [9.17, 15) is 19.2 Å². The minimum absolute atomic E-state index is 0.236. The molecule has 0 radical (unpaired) electrons. The van der Waals surface area contributed by atoms with Gasteiger partial charge in [0.2, 0.25) is 0 Å². The highest BCUT2D eigenvalue weighted by atomic mass is 19.1. The molecule has 10 rings (SSSR count). The zero-order valence-electron chi connectivity index (χ0n) is 38.5. The maximum Gasteiger partial charge on any atom is 0.408 e. The van der Waals surface area contributed by atoms with Gasteiger partial charge in [-0.05, 0) is 67.1 Å². The lowest BCUT2D eigenvalue weighted by Gasteiger charge is -2.29. The van der Waals surface area contributed by atoms with E-state index >= 15 is 4.39 Å². The summed E-state index contributed by atoms with van der Waals surface area (Å²) in [5.41, 5.74) is 5.64. The molecular formula is C53H52FN9O7. The lowest BCUT2D eigenvalue weighted by Crippen LogP contribution is -2.44. The summed E-state index contributed by atoms with van der Waals surface area (Å²) in [6.07, 6.45) is 5.81. The number of alkyl carbamates (subject to hydrolysis) is 2. The third-order valence-corrected chi connectivity index (χ3v) is 13.4. The van der Waals surface area contributed by atoms with Gasteiger partial charge in [0.1, 0.15) is 35.7 Å². The molecule has 7 aromatic rings. The highest BCUT2D eigenvalue weighted by Crippen LogP contribution is 2.37. The quantitative estimate of drug-likeness (QED) is 0.0918. The lowest BCUT2D eigenvalue weighted by molar-refractivity contribution is -0.135. The van der Waals surface area contributed by atoms with Gasteiger partial charge in [-0.3, -0.25) is 9.59 Å². The summed E-state index contributed by atoms with van der Waals surface area (Å²) in [5, 5.41) is 6.40. The van der Waals surface area contributed by atoms with Crippen LogP contribution in [0, 0.1) is 5.82 Å². The Morgan fingerprint density at radius 2 is 1.27 bits per heavy atom. The van der Waals surface area contributed by atoms with Crippen molar-refractivity contribution in [3.8, 4) is 33.8 Å². The second-order valence-electron chi connectivity index (χ2n) is 17.7. The standard InChI is InChI=1S/C53H52FN9O7/c1-68-52(66)60-46(32-10-4-2-5-11-32)50(64)63-25-9-15-45(63)49-56-31-43(59-49)38-19-16-36(29-39(38)54)41-20-17-34-28-35(18-21-40(34)57-41)42-30-55-48(58-42)44-14-8-24-62(44)51(65)47(33-12-6-3-7-13-33)61-53(67)70-37-22-26-69-27-23-37/h2-7,10-13,16-21,28-31,37,44-47H,8-9,14-15,22-27H2,1H3,(H,55,58)(H,56,59)(H,60,66)(H,61,67)/t44-,45-,46+,47+/m0/s1. The average Bonchev–Trinajstić information content (AvgIpc) is 4.26. The van der Waals surface area contributed by atoms with Crippen molar-refractivity contribution in [1.29, 1.82) is 0 Å². The number of nitrogens with one attached hydrogen (secondary N) is 4. The zero-order chi connectivity index (χ0) is 48.1.